The average Bonchev–Trinajstić information content (AvgIpc) is 2.35. The van der Waals surface area contributed by atoms with Crippen molar-refractivity contribution in [3.05, 3.63) is 28.2 Å². The molecule has 0 aromatic heterocycles. The van der Waals surface area contributed by atoms with Crippen molar-refractivity contribution in [1.29, 1.82) is 0 Å². The third-order valence-electron chi connectivity index (χ3n) is 2.87. The average molecular weight is 302 g/mol. The topological polar surface area (TPSA) is 41.5 Å². The lowest BCUT2D eigenvalue weighted by molar-refractivity contribution is 0.230. The second-order valence-corrected chi connectivity index (χ2v) is 4.92. The highest BCUT2D eigenvalue weighted by atomic mass is 79.9. The van der Waals surface area contributed by atoms with Crippen LogP contribution in [0.3, 0.4) is 0 Å². The van der Waals surface area contributed by atoms with Crippen LogP contribution in [-0.2, 0) is 0 Å². The molecular formula is C13H20BrNO2. The lowest BCUT2D eigenvalue weighted by Crippen LogP contribution is -2.33. The van der Waals surface area contributed by atoms with Gasteiger partial charge >= 0.3 is 0 Å². The van der Waals surface area contributed by atoms with E-state index < -0.39 is 0 Å². The van der Waals surface area contributed by atoms with Crippen molar-refractivity contribution in [3.8, 4) is 5.75 Å². The number of rotatable bonds is 6. The van der Waals surface area contributed by atoms with E-state index in [4.69, 9.17) is 9.84 Å². The second kappa shape index (κ2) is 6.99. The quantitative estimate of drug-likeness (QED) is 0.849. The molecule has 4 heteroatoms. The van der Waals surface area contributed by atoms with Gasteiger partial charge in [-0.2, -0.15) is 0 Å². The first-order chi connectivity index (χ1) is 8.12. The molecule has 0 saturated carbocycles. The monoisotopic (exact) mass is 301 g/mol. The van der Waals surface area contributed by atoms with E-state index in [-0.39, 0.29) is 18.7 Å². The molecule has 0 radical (unpaired) electrons. The van der Waals surface area contributed by atoms with Crippen molar-refractivity contribution in [2.45, 2.75) is 32.4 Å². The molecule has 0 aliphatic carbocycles. The Kier molecular flexibility index (Phi) is 5.95. The number of hydrogen-bond donors (Lipinski definition) is 2. The molecule has 0 aliphatic heterocycles. The molecule has 0 aliphatic rings. The zero-order chi connectivity index (χ0) is 12.8. The molecule has 0 fully saturated rings. The summed E-state index contributed by atoms with van der Waals surface area (Å²) in [6.07, 6.45) is 0.915. The van der Waals surface area contributed by atoms with Gasteiger partial charge in [-0.25, -0.2) is 0 Å². The maximum absolute atomic E-state index is 9.17. The van der Waals surface area contributed by atoms with E-state index in [1.165, 1.54) is 5.56 Å². The summed E-state index contributed by atoms with van der Waals surface area (Å²) < 4.78 is 6.14. The highest BCUT2D eigenvalue weighted by Crippen LogP contribution is 2.28. The number of benzene rings is 1. The SMILES string of the molecule is CCC(CO)NC(C)c1ccc(OC)c(Br)c1. The molecule has 0 spiro atoms. The van der Waals surface area contributed by atoms with Gasteiger partial charge in [0.05, 0.1) is 18.2 Å². The predicted octanol–water partition coefficient (Wildman–Crippen LogP) is 2.88. The third kappa shape index (κ3) is 3.98. The van der Waals surface area contributed by atoms with Gasteiger partial charge in [-0.1, -0.05) is 13.0 Å². The van der Waals surface area contributed by atoms with Crippen LogP contribution in [0.25, 0.3) is 0 Å². The van der Waals surface area contributed by atoms with Gasteiger partial charge in [-0.05, 0) is 47.0 Å². The molecule has 0 bridgehead atoms. The Balaban J connectivity index is 2.75. The van der Waals surface area contributed by atoms with Crippen molar-refractivity contribution >= 4 is 15.9 Å². The molecule has 1 aromatic rings. The molecule has 1 aromatic carbocycles. The van der Waals surface area contributed by atoms with Crippen LogP contribution >= 0.6 is 15.9 Å². The number of halogens is 1. The maximum Gasteiger partial charge on any atom is 0.133 e. The van der Waals surface area contributed by atoms with Crippen molar-refractivity contribution in [2.24, 2.45) is 0 Å². The molecule has 2 atom stereocenters. The molecular weight excluding hydrogens is 282 g/mol. The lowest BCUT2D eigenvalue weighted by atomic mass is 10.1. The highest BCUT2D eigenvalue weighted by molar-refractivity contribution is 9.10. The van der Waals surface area contributed by atoms with E-state index in [9.17, 15) is 0 Å². The number of hydrogen-bond acceptors (Lipinski definition) is 3. The van der Waals surface area contributed by atoms with E-state index in [1.807, 2.05) is 18.2 Å². The van der Waals surface area contributed by atoms with E-state index in [1.54, 1.807) is 7.11 Å². The van der Waals surface area contributed by atoms with E-state index in [2.05, 4.69) is 35.1 Å². The number of aliphatic hydroxyl groups is 1. The van der Waals surface area contributed by atoms with Gasteiger partial charge in [-0.3, -0.25) is 0 Å². The number of nitrogens with one attached hydrogen (secondary N) is 1. The van der Waals surface area contributed by atoms with Crippen LogP contribution in [0.2, 0.25) is 0 Å². The van der Waals surface area contributed by atoms with Crippen molar-refractivity contribution in [3.63, 3.8) is 0 Å². The van der Waals surface area contributed by atoms with Crippen LogP contribution in [0.1, 0.15) is 31.9 Å². The van der Waals surface area contributed by atoms with Gasteiger partial charge in [0.25, 0.3) is 0 Å². The fourth-order valence-electron chi connectivity index (χ4n) is 1.70. The summed E-state index contributed by atoms with van der Waals surface area (Å²) in [4.78, 5) is 0. The van der Waals surface area contributed by atoms with Crippen LogP contribution in [0, 0.1) is 0 Å². The minimum Gasteiger partial charge on any atom is -0.496 e. The first-order valence-corrected chi connectivity index (χ1v) is 6.62. The van der Waals surface area contributed by atoms with Gasteiger partial charge in [-0.15, -0.1) is 0 Å². The third-order valence-corrected chi connectivity index (χ3v) is 3.49. The lowest BCUT2D eigenvalue weighted by Gasteiger charge is -2.21. The minimum absolute atomic E-state index is 0.144. The normalized spacial score (nSPS) is 14.4. The Morgan fingerprint density at radius 2 is 2.18 bits per heavy atom. The highest BCUT2D eigenvalue weighted by Gasteiger charge is 2.12. The summed E-state index contributed by atoms with van der Waals surface area (Å²) >= 11 is 3.47. The fraction of sp³-hybridized carbons (Fsp3) is 0.538. The Morgan fingerprint density at radius 1 is 1.47 bits per heavy atom. The number of ether oxygens (including phenoxy) is 1. The molecule has 2 unspecified atom stereocenters. The van der Waals surface area contributed by atoms with Crippen LogP contribution < -0.4 is 10.1 Å². The molecule has 3 nitrogen and oxygen atoms in total. The van der Waals surface area contributed by atoms with Crippen molar-refractivity contribution in [2.75, 3.05) is 13.7 Å². The molecule has 2 N–H and O–H groups in total. The van der Waals surface area contributed by atoms with Gasteiger partial charge in [0, 0.05) is 12.1 Å². The summed E-state index contributed by atoms with van der Waals surface area (Å²) in [7, 11) is 1.65. The van der Waals surface area contributed by atoms with Gasteiger partial charge < -0.3 is 15.2 Å². The summed E-state index contributed by atoms with van der Waals surface area (Å²) in [6, 6.07) is 6.36. The molecule has 0 amide bonds. The predicted molar refractivity (Wildman–Crippen MR) is 73.4 cm³/mol. The zero-order valence-corrected chi connectivity index (χ0v) is 12.1. The summed E-state index contributed by atoms with van der Waals surface area (Å²) in [5.41, 5.74) is 1.17. The van der Waals surface area contributed by atoms with Crippen LogP contribution in [-0.4, -0.2) is 24.9 Å². The van der Waals surface area contributed by atoms with Crippen LogP contribution in [0.4, 0.5) is 0 Å². The maximum atomic E-state index is 9.17. The fourth-order valence-corrected chi connectivity index (χ4v) is 2.26. The minimum atomic E-state index is 0.144. The van der Waals surface area contributed by atoms with Gasteiger partial charge in [0.15, 0.2) is 0 Å². The van der Waals surface area contributed by atoms with E-state index in [0.29, 0.717) is 0 Å². The Morgan fingerprint density at radius 3 is 2.65 bits per heavy atom. The smallest absolute Gasteiger partial charge is 0.133 e. The van der Waals surface area contributed by atoms with Gasteiger partial charge in [0.1, 0.15) is 5.75 Å². The number of methoxy groups -OCH3 is 1. The molecule has 0 saturated heterocycles. The van der Waals surface area contributed by atoms with E-state index >= 15 is 0 Å². The van der Waals surface area contributed by atoms with E-state index in [0.717, 1.165) is 16.6 Å². The first kappa shape index (κ1) is 14.5. The molecule has 1 rings (SSSR count). The molecule has 0 heterocycles. The summed E-state index contributed by atoms with van der Waals surface area (Å²) in [5, 5.41) is 12.6. The summed E-state index contributed by atoms with van der Waals surface area (Å²) in [6.45, 7) is 4.31. The molecule has 96 valence electrons. The molecule has 17 heavy (non-hydrogen) atoms. The number of aliphatic hydroxyl groups excluding tert-OH is 1. The van der Waals surface area contributed by atoms with Crippen LogP contribution in [0.15, 0.2) is 22.7 Å². The largest absolute Gasteiger partial charge is 0.496 e. The summed E-state index contributed by atoms with van der Waals surface area (Å²) in [5.74, 6) is 0.829. The van der Waals surface area contributed by atoms with Crippen molar-refractivity contribution in [1.82, 2.24) is 5.32 Å². The Bertz CT molecular complexity index is 353. The van der Waals surface area contributed by atoms with Gasteiger partial charge in [0.2, 0.25) is 0 Å². The standard InChI is InChI=1S/C13H20BrNO2/c1-4-11(8-16)15-9(2)10-5-6-13(17-3)12(14)7-10/h5-7,9,11,15-16H,4,8H2,1-3H3. The van der Waals surface area contributed by atoms with Crippen LogP contribution in [0.5, 0.6) is 5.75 Å². The van der Waals surface area contributed by atoms with Crippen molar-refractivity contribution < 1.29 is 9.84 Å². The first-order valence-electron chi connectivity index (χ1n) is 5.82. The Hall–Kier alpha value is -0.580. The Labute approximate surface area is 111 Å². The zero-order valence-electron chi connectivity index (χ0n) is 10.5. The second-order valence-electron chi connectivity index (χ2n) is 4.07.